The largest absolute Gasteiger partial charge is 0.489 e. The molecule has 1 aliphatic rings. The van der Waals surface area contributed by atoms with Crippen LogP contribution >= 0.6 is 15.9 Å². The number of aromatic nitrogens is 1. The van der Waals surface area contributed by atoms with Crippen LogP contribution in [-0.4, -0.2) is 22.0 Å². The van der Waals surface area contributed by atoms with Gasteiger partial charge in [-0.05, 0) is 68.7 Å². The highest BCUT2D eigenvalue weighted by molar-refractivity contribution is 9.10. The van der Waals surface area contributed by atoms with E-state index in [9.17, 15) is 4.79 Å². The van der Waals surface area contributed by atoms with E-state index < -0.39 is 0 Å². The van der Waals surface area contributed by atoms with Crippen LogP contribution in [0.4, 0.5) is 0 Å². The van der Waals surface area contributed by atoms with E-state index in [4.69, 9.17) is 9.26 Å². The number of amides is 1. The molecule has 2 aromatic carbocycles. The number of carbonyl (C=O) groups is 1. The standard InChI is InChI=1S/C23H23BrN2O3/c1-15-22(16(2)29-25-15)14-28-21-10-6-18(7-11-21)23(27)26(20-8-9-20)13-17-4-3-5-19(24)12-17/h3-7,10-12,20H,8-9,13-14H2,1-2H3. The second-order valence-electron chi connectivity index (χ2n) is 7.41. The first kappa shape index (κ1) is 19.7. The van der Waals surface area contributed by atoms with E-state index in [1.165, 1.54) is 0 Å². The molecule has 0 unspecified atom stereocenters. The van der Waals surface area contributed by atoms with Crippen molar-refractivity contribution in [2.45, 2.75) is 45.9 Å². The molecule has 5 nitrogen and oxygen atoms in total. The number of hydrogen-bond acceptors (Lipinski definition) is 4. The van der Waals surface area contributed by atoms with Crippen LogP contribution in [0.25, 0.3) is 0 Å². The Hall–Kier alpha value is -2.60. The Morgan fingerprint density at radius 3 is 2.59 bits per heavy atom. The smallest absolute Gasteiger partial charge is 0.254 e. The minimum absolute atomic E-state index is 0.0600. The van der Waals surface area contributed by atoms with E-state index in [2.05, 4.69) is 33.2 Å². The fraction of sp³-hybridized carbons (Fsp3) is 0.304. The summed E-state index contributed by atoms with van der Waals surface area (Å²) in [6.07, 6.45) is 2.14. The summed E-state index contributed by atoms with van der Waals surface area (Å²) < 4.78 is 12.0. The van der Waals surface area contributed by atoms with Crippen molar-refractivity contribution in [2.75, 3.05) is 0 Å². The van der Waals surface area contributed by atoms with Crippen LogP contribution in [0.2, 0.25) is 0 Å². The summed E-state index contributed by atoms with van der Waals surface area (Å²) in [4.78, 5) is 15.1. The molecule has 1 amide bonds. The van der Waals surface area contributed by atoms with Gasteiger partial charge in [-0.25, -0.2) is 0 Å². The second-order valence-corrected chi connectivity index (χ2v) is 8.33. The molecular formula is C23H23BrN2O3. The van der Waals surface area contributed by atoms with Gasteiger partial charge in [0.15, 0.2) is 0 Å². The molecule has 0 bridgehead atoms. The number of halogens is 1. The van der Waals surface area contributed by atoms with Crippen molar-refractivity contribution in [3.05, 3.63) is 81.1 Å². The van der Waals surface area contributed by atoms with Crippen molar-refractivity contribution in [3.8, 4) is 5.75 Å². The first-order valence-electron chi connectivity index (χ1n) is 9.71. The quantitative estimate of drug-likeness (QED) is 0.476. The van der Waals surface area contributed by atoms with E-state index in [0.29, 0.717) is 30.5 Å². The number of benzene rings is 2. The summed E-state index contributed by atoms with van der Waals surface area (Å²) >= 11 is 3.51. The van der Waals surface area contributed by atoms with Gasteiger partial charge in [0, 0.05) is 22.6 Å². The Balaban J connectivity index is 1.43. The lowest BCUT2D eigenvalue weighted by Crippen LogP contribution is -2.32. The van der Waals surface area contributed by atoms with Gasteiger partial charge in [-0.1, -0.05) is 33.2 Å². The predicted molar refractivity (Wildman–Crippen MR) is 114 cm³/mol. The van der Waals surface area contributed by atoms with Gasteiger partial charge in [-0.2, -0.15) is 0 Å². The maximum Gasteiger partial charge on any atom is 0.254 e. The molecule has 1 heterocycles. The molecule has 6 heteroatoms. The molecule has 3 aromatic rings. The van der Waals surface area contributed by atoms with Crippen molar-refractivity contribution in [2.24, 2.45) is 0 Å². The average Bonchev–Trinajstić information content (AvgIpc) is 3.51. The summed E-state index contributed by atoms with van der Waals surface area (Å²) in [6.45, 7) is 4.78. The zero-order valence-electron chi connectivity index (χ0n) is 16.5. The Morgan fingerprint density at radius 2 is 1.97 bits per heavy atom. The fourth-order valence-electron chi connectivity index (χ4n) is 3.31. The molecule has 0 aliphatic heterocycles. The first-order valence-corrected chi connectivity index (χ1v) is 10.5. The zero-order chi connectivity index (χ0) is 20.4. The molecule has 29 heavy (non-hydrogen) atoms. The SMILES string of the molecule is Cc1noc(C)c1COc1ccc(C(=O)N(Cc2cccc(Br)c2)C2CC2)cc1. The summed E-state index contributed by atoms with van der Waals surface area (Å²) in [5, 5.41) is 3.94. The maximum absolute atomic E-state index is 13.1. The minimum atomic E-state index is 0.0600. The Morgan fingerprint density at radius 1 is 1.21 bits per heavy atom. The van der Waals surface area contributed by atoms with E-state index in [1.54, 1.807) is 0 Å². The second kappa shape index (κ2) is 8.41. The van der Waals surface area contributed by atoms with Gasteiger partial charge >= 0.3 is 0 Å². The lowest BCUT2D eigenvalue weighted by Gasteiger charge is -2.23. The monoisotopic (exact) mass is 454 g/mol. The summed E-state index contributed by atoms with van der Waals surface area (Å²) in [7, 11) is 0. The fourth-order valence-corrected chi connectivity index (χ4v) is 3.75. The molecule has 1 aliphatic carbocycles. The molecule has 1 saturated carbocycles. The molecule has 1 aromatic heterocycles. The highest BCUT2D eigenvalue weighted by Gasteiger charge is 2.33. The predicted octanol–water partition coefficient (Wildman–Crippen LogP) is 5.44. The van der Waals surface area contributed by atoms with Gasteiger partial charge < -0.3 is 14.2 Å². The molecule has 0 radical (unpaired) electrons. The van der Waals surface area contributed by atoms with Crippen LogP contribution in [0.3, 0.4) is 0 Å². The van der Waals surface area contributed by atoms with Gasteiger partial charge in [0.1, 0.15) is 18.1 Å². The molecular weight excluding hydrogens is 432 g/mol. The highest BCUT2D eigenvalue weighted by atomic mass is 79.9. The lowest BCUT2D eigenvalue weighted by molar-refractivity contribution is 0.0730. The van der Waals surface area contributed by atoms with Gasteiger partial charge in [0.25, 0.3) is 5.91 Å². The number of hydrogen-bond donors (Lipinski definition) is 0. The van der Waals surface area contributed by atoms with Gasteiger partial charge in [0.2, 0.25) is 0 Å². The molecule has 150 valence electrons. The Bertz CT molecular complexity index is 990. The van der Waals surface area contributed by atoms with Crippen molar-refractivity contribution < 1.29 is 14.1 Å². The maximum atomic E-state index is 13.1. The van der Waals surface area contributed by atoms with Crippen molar-refractivity contribution in [1.82, 2.24) is 10.1 Å². The summed E-state index contributed by atoms with van der Waals surface area (Å²) in [5.41, 5.74) is 3.59. The number of rotatable bonds is 7. The third kappa shape index (κ3) is 4.70. The number of nitrogens with zero attached hydrogens (tertiary/aromatic N) is 2. The van der Waals surface area contributed by atoms with Crippen LogP contribution in [0.1, 0.15) is 45.8 Å². The Kier molecular flexibility index (Phi) is 5.72. The summed E-state index contributed by atoms with van der Waals surface area (Å²) in [6, 6.07) is 15.8. The average molecular weight is 455 g/mol. The van der Waals surface area contributed by atoms with E-state index in [-0.39, 0.29) is 5.91 Å². The van der Waals surface area contributed by atoms with Crippen LogP contribution < -0.4 is 4.74 Å². The normalized spacial score (nSPS) is 13.3. The molecule has 0 atom stereocenters. The lowest BCUT2D eigenvalue weighted by atomic mass is 10.1. The van der Waals surface area contributed by atoms with Crippen molar-refractivity contribution in [1.29, 1.82) is 0 Å². The van der Waals surface area contributed by atoms with Gasteiger partial charge in [-0.3, -0.25) is 4.79 Å². The third-order valence-electron chi connectivity index (χ3n) is 5.16. The first-order chi connectivity index (χ1) is 14.0. The molecule has 0 saturated heterocycles. The van der Waals surface area contributed by atoms with Crippen LogP contribution in [-0.2, 0) is 13.2 Å². The van der Waals surface area contributed by atoms with Crippen LogP contribution in [0, 0.1) is 13.8 Å². The number of carbonyl (C=O) groups excluding carboxylic acids is 1. The van der Waals surface area contributed by atoms with Crippen molar-refractivity contribution >= 4 is 21.8 Å². The van der Waals surface area contributed by atoms with Gasteiger partial charge in [0.05, 0.1) is 11.3 Å². The molecule has 0 spiro atoms. The molecule has 1 fully saturated rings. The summed E-state index contributed by atoms with van der Waals surface area (Å²) in [5.74, 6) is 1.54. The third-order valence-corrected chi connectivity index (χ3v) is 5.65. The van der Waals surface area contributed by atoms with Gasteiger partial charge in [-0.15, -0.1) is 0 Å². The van der Waals surface area contributed by atoms with Crippen LogP contribution in [0.5, 0.6) is 5.75 Å². The zero-order valence-corrected chi connectivity index (χ0v) is 18.1. The molecule has 4 rings (SSSR count). The highest BCUT2D eigenvalue weighted by Crippen LogP contribution is 2.30. The van der Waals surface area contributed by atoms with E-state index in [1.807, 2.05) is 55.1 Å². The van der Waals surface area contributed by atoms with E-state index in [0.717, 1.165) is 39.9 Å². The minimum Gasteiger partial charge on any atom is -0.489 e. The van der Waals surface area contributed by atoms with Crippen molar-refractivity contribution in [3.63, 3.8) is 0 Å². The molecule has 0 N–H and O–H groups in total. The van der Waals surface area contributed by atoms with Crippen LogP contribution in [0.15, 0.2) is 57.5 Å². The number of aryl methyl sites for hydroxylation is 2. The number of ether oxygens (including phenoxy) is 1. The Labute approximate surface area is 178 Å². The topological polar surface area (TPSA) is 55.6 Å². The van der Waals surface area contributed by atoms with E-state index >= 15 is 0 Å².